The molecule has 2 heterocycles. The fourth-order valence-corrected chi connectivity index (χ4v) is 2.36. The molecule has 2 rings (SSSR count). The highest BCUT2D eigenvalue weighted by Crippen LogP contribution is 2.26. The second-order valence-electron chi connectivity index (χ2n) is 4.68. The van der Waals surface area contributed by atoms with Crippen LogP contribution in [0.2, 0.25) is 0 Å². The summed E-state index contributed by atoms with van der Waals surface area (Å²) in [6.07, 6.45) is 3.33. The highest BCUT2D eigenvalue weighted by atomic mass is 16.6. The van der Waals surface area contributed by atoms with Gasteiger partial charge in [-0.25, -0.2) is 4.98 Å². The van der Waals surface area contributed by atoms with Gasteiger partial charge in [0.1, 0.15) is 6.20 Å². The molecule has 0 aromatic carbocycles. The molecule has 2 atom stereocenters. The van der Waals surface area contributed by atoms with Gasteiger partial charge in [0.05, 0.1) is 11.0 Å². The zero-order valence-corrected chi connectivity index (χ0v) is 11.6. The van der Waals surface area contributed by atoms with E-state index in [1.807, 2.05) is 0 Å². The maximum absolute atomic E-state index is 11.0. The minimum Gasteiger partial charge on any atom is -0.378 e. The van der Waals surface area contributed by atoms with Gasteiger partial charge in [0.15, 0.2) is 0 Å². The first-order valence-corrected chi connectivity index (χ1v) is 6.70. The van der Waals surface area contributed by atoms with Crippen LogP contribution in [0.15, 0.2) is 6.20 Å². The third kappa shape index (κ3) is 3.13. The van der Waals surface area contributed by atoms with E-state index in [1.165, 1.54) is 6.20 Å². The first-order valence-electron chi connectivity index (χ1n) is 6.70. The van der Waals surface area contributed by atoms with Crippen molar-refractivity contribution in [1.29, 1.82) is 0 Å². The average molecular weight is 281 g/mol. The minimum absolute atomic E-state index is 0.115. The van der Waals surface area contributed by atoms with Gasteiger partial charge < -0.3 is 15.4 Å². The summed E-state index contributed by atoms with van der Waals surface area (Å²) in [6, 6.07) is 0. The third-order valence-electron chi connectivity index (χ3n) is 3.47. The molecule has 1 aliphatic heterocycles. The van der Waals surface area contributed by atoms with Crippen LogP contribution in [0.3, 0.4) is 0 Å². The van der Waals surface area contributed by atoms with E-state index in [2.05, 4.69) is 27.5 Å². The van der Waals surface area contributed by atoms with Gasteiger partial charge in [0.25, 0.3) is 0 Å². The fourth-order valence-electron chi connectivity index (χ4n) is 2.36. The van der Waals surface area contributed by atoms with Crippen LogP contribution in [0, 0.1) is 16.0 Å². The summed E-state index contributed by atoms with van der Waals surface area (Å²) in [5.74, 6) is 0.955. The van der Waals surface area contributed by atoms with Gasteiger partial charge in [0.2, 0.25) is 11.8 Å². The lowest BCUT2D eigenvalue weighted by molar-refractivity contribution is -0.384. The zero-order chi connectivity index (χ0) is 14.5. The Balaban J connectivity index is 2.09. The smallest absolute Gasteiger partial charge is 0.329 e. The molecule has 0 saturated carbocycles. The molecule has 1 fully saturated rings. The molecule has 20 heavy (non-hydrogen) atoms. The van der Waals surface area contributed by atoms with Crippen molar-refractivity contribution in [2.45, 2.75) is 25.9 Å². The molecule has 110 valence electrons. The van der Waals surface area contributed by atoms with Crippen molar-refractivity contribution in [3.63, 3.8) is 0 Å². The largest absolute Gasteiger partial charge is 0.378 e. The highest BCUT2D eigenvalue weighted by Gasteiger charge is 2.27. The van der Waals surface area contributed by atoms with Crippen molar-refractivity contribution < 1.29 is 9.66 Å². The summed E-state index contributed by atoms with van der Waals surface area (Å²) in [6.45, 7) is 3.44. The van der Waals surface area contributed by atoms with Crippen molar-refractivity contribution in [3.05, 3.63) is 16.3 Å². The zero-order valence-electron chi connectivity index (χ0n) is 11.6. The molecule has 8 heteroatoms. The van der Waals surface area contributed by atoms with Crippen LogP contribution in [0.25, 0.3) is 0 Å². The Hall–Kier alpha value is -1.96. The monoisotopic (exact) mass is 281 g/mol. The Morgan fingerprint density at radius 1 is 1.60 bits per heavy atom. The second kappa shape index (κ2) is 6.47. The van der Waals surface area contributed by atoms with E-state index in [1.54, 1.807) is 7.05 Å². The Labute approximate surface area is 117 Å². The molecule has 0 spiro atoms. The lowest BCUT2D eigenvalue weighted by Gasteiger charge is -2.17. The van der Waals surface area contributed by atoms with E-state index in [-0.39, 0.29) is 17.6 Å². The molecular weight excluding hydrogens is 262 g/mol. The molecule has 1 aromatic heterocycles. The summed E-state index contributed by atoms with van der Waals surface area (Å²) in [4.78, 5) is 18.5. The van der Waals surface area contributed by atoms with E-state index in [0.717, 1.165) is 19.4 Å². The van der Waals surface area contributed by atoms with Gasteiger partial charge in [-0.1, -0.05) is 6.92 Å². The number of nitrogens with zero attached hydrogens (tertiary/aromatic N) is 3. The molecular formula is C12H19N5O3. The third-order valence-corrected chi connectivity index (χ3v) is 3.47. The number of nitrogens with one attached hydrogen (secondary N) is 2. The summed E-state index contributed by atoms with van der Waals surface area (Å²) < 4.78 is 5.61. The lowest BCUT2D eigenvalue weighted by atomic mass is 10.00. The van der Waals surface area contributed by atoms with E-state index < -0.39 is 4.92 Å². The van der Waals surface area contributed by atoms with Gasteiger partial charge in [-0.3, -0.25) is 10.1 Å². The topological polar surface area (TPSA) is 102 Å². The van der Waals surface area contributed by atoms with Crippen molar-refractivity contribution >= 4 is 17.5 Å². The van der Waals surface area contributed by atoms with E-state index >= 15 is 0 Å². The molecule has 1 saturated heterocycles. The molecule has 0 radical (unpaired) electrons. The van der Waals surface area contributed by atoms with Crippen molar-refractivity contribution in [3.8, 4) is 0 Å². The Morgan fingerprint density at radius 3 is 3.05 bits per heavy atom. The Bertz CT molecular complexity index is 482. The number of hydrogen-bond donors (Lipinski definition) is 2. The predicted molar refractivity (Wildman–Crippen MR) is 74.9 cm³/mol. The summed E-state index contributed by atoms with van der Waals surface area (Å²) in [5, 5.41) is 16.8. The molecule has 1 aromatic rings. The number of hydrogen-bond acceptors (Lipinski definition) is 7. The fraction of sp³-hybridized carbons (Fsp3) is 0.667. The molecule has 0 aliphatic carbocycles. The summed E-state index contributed by atoms with van der Waals surface area (Å²) in [5.41, 5.74) is -0.115. The predicted octanol–water partition coefficient (Wildman–Crippen LogP) is 1.65. The van der Waals surface area contributed by atoms with Crippen LogP contribution < -0.4 is 10.6 Å². The maximum Gasteiger partial charge on any atom is 0.329 e. The maximum atomic E-state index is 11.0. The van der Waals surface area contributed by atoms with Gasteiger partial charge in [0, 0.05) is 26.1 Å². The lowest BCUT2D eigenvalue weighted by Crippen LogP contribution is -2.23. The Morgan fingerprint density at radius 2 is 2.40 bits per heavy atom. The number of anilines is 2. The van der Waals surface area contributed by atoms with Crippen LogP contribution in [-0.4, -0.2) is 41.2 Å². The Kier molecular flexibility index (Phi) is 4.67. The van der Waals surface area contributed by atoms with Crippen LogP contribution in [0.5, 0.6) is 0 Å². The molecule has 2 N–H and O–H groups in total. The molecule has 2 unspecified atom stereocenters. The summed E-state index contributed by atoms with van der Waals surface area (Å²) in [7, 11) is 1.67. The van der Waals surface area contributed by atoms with Crippen molar-refractivity contribution in [2.24, 2.45) is 5.92 Å². The number of nitro groups is 1. The molecule has 8 nitrogen and oxygen atoms in total. The minimum atomic E-state index is -0.482. The number of ether oxygens (including phenoxy) is 1. The standard InChI is InChI=1S/C12H19N5O3/c1-3-10-8(4-5-20-10)6-14-11-9(17(18)19)7-15-12(13-2)16-11/h7-8,10H,3-6H2,1-2H3,(H2,13,14,15,16). The number of rotatable bonds is 6. The number of aromatic nitrogens is 2. The molecule has 0 bridgehead atoms. The first-order chi connectivity index (χ1) is 9.65. The molecule has 1 aliphatic rings. The second-order valence-corrected chi connectivity index (χ2v) is 4.68. The van der Waals surface area contributed by atoms with E-state index in [9.17, 15) is 10.1 Å². The van der Waals surface area contributed by atoms with Crippen LogP contribution in [-0.2, 0) is 4.74 Å². The van der Waals surface area contributed by atoms with Crippen LogP contribution >= 0.6 is 0 Å². The van der Waals surface area contributed by atoms with Crippen LogP contribution in [0.4, 0.5) is 17.5 Å². The van der Waals surface area contributed by atoms with Gasteiger partial charge in [-0.2, -0.15) is 4.98 Å². The summed E-state index contributed by atoms with van der Waals surface area (Å²) >= 11 is 0. The van der Waals surface area contributed by atoms with Crippen molar-refractivity contribution in [1.82, 2.24) is 9.97 Å². The molecule has 0 amide bonds. The first kappa shape index (κ1) is 14.4. The van der Waals surface area contributed by atoms with E-state index in [0.29, 0.717) is 18.4 Å². The normalized spacial score (nSPS) is 21.7. The van der Waals surface area contributed by atoms with Gasteiger partial charge >= 0.3 is 5.69 Å². The van der Waals surface area contributed by atoms with Gasteiger partial charge in [-0.15, -0.1) is 0 Å². The van der Waals surface area contributed by atoms with E-state index in [4.69, 9.17) is 4.74 Å². The van der Waals surface area contributed by atoms with Crippen LogP contribution in [0.1, 0.15) is 19.8 Å². The van der Waals surface area contributed by atoms with Crippen molar-refractivity contribution in [2.75, 3.05) is 30.8 Å². The average Bonchev–Trinajstić information content (AvgIpc) is 2.91. The SMILES string of the molecule is CCC1OCCC1CNc1nc(NC)ncc1[N+](=O)[O-]. The quantitative estimate of drug-likeness (QED) is 0.603. The highest BCUT2D eigenvalue weighted by molar-refractivity contribution is 5.56. The van der Waals surface area contributed by atoms with Gasteiger partial charge in [-0.05, 0) is 12.8 Å².